The van der Waals surface area contributed by atoms with Gasteiger partial charge in [-0.05, 0) is 48.0 Å². The van der Waals surface area contributed by atoms with Crippen LogP contribution < -0.4 is 29.8 Å². The van der Waals surface area contributed by atoms with E-state index in [0.29, 0.717) is 17.2 Å². The number of hydrazine groups is 1. The lowest BCUT2D eigenvalue weighted by atomic mass is 10.2. The van der Waals surface area contributed by atoms with Crippen LogP contribution in [0.3, 0.4) is 0 Å². The zero-order valence-corrected chi connectivity index (χ0v) is 15.3. The van der Waals surface area contributed by atoms with Crippen molar-refractivity contribution in [3.8, 4) is 23.0 Å². The first kappa shape index (κ1) is 19.1. The minimum Gasteiger partial charge on any atom is -0.497 e. The molecule has 8 heteroatoms. The predicted octanol–water partition coefficient (Wildman–Crippen LogP) is 2.05. The van der Waals surface area contributed by atoms with Crippen molar-refractivity contribution < 1.29 is 28.5 Å². The highest BCUT2D eigenvalue weighted by Gasteiger charge is 2.12. The third-order valence-electron chi connectivity index (χ3n) is 3.81. The molecule has 0 aliphatic carbocycles. The molecule has 0 bridgehead atoms. The molecule has 28 heavy (non-hydrogen) atoms. The number of carbonyl (C=O) groups is 2. The fourth-order valence-electron chi connectivity index (χ4n) is 2.36. The SMILES string of the molecule is COc1ccc(OCCC(=O)NNC(=O)/C=C/c2ccc3c(c2)OCO3)cc1. The fraction of sp³-hybridized carbons (Fsp3) is 0.200. The lowest BCUT2D eigenvalue weighted by Crippen LogP contribution is -2.41. The Bertz CT molecular complexity index is 863. The quantitative estimate of drug-likeness (QED) is 0.560. The van der Waals surface area contributed by atoms with Gasteiger partial charge in [0.05, 0.1) is 20.1 Å². The molecule has 0 saturated carbocycles. The summed E-state index contributed by atoms with van der Waals surface area (Å²) in [5, 5.41) is 0. The van der Waals surface area contributed by atoms with E-state index in [1.165, 1.54) is 6.08 Å². The molecule has 146 valence electrons. The smallest absolute Gasteiger partial charge is 0.262 e. The van der Waals surface area contributed by atoms with E-state index in [0.717, 1.165) is 11.3 Å². The van der Waals surface area contributed by atoms with Crippen molar-refractivity contribution in [2.24, 2.45) is 0 Å². The molecule has 2 aromatic carbocycles. The molecule has 0 fully saturated rings. The number of ether oxygens (including phenoxy) is 4. The molecular formula is C20H20N2O6. The Hall–Kier alpha value is -3.68. The summed E-state index contributed by atoms with van der Waals surface area (Å²) in [4.78, 5) is 23.6. The minimum atomic E-state index is -0.456. The Kier molecular flexibility index (Phi) is 6.35. The maximum Gasteiger partial charge on any atom is 0.262 e. The second-order valence-corrected chi connectivity index (χ2v) is 5.76. The molecule has 0 saturated heterocycles. The summed E-state index contributed by atoms with van der Waals surface area (Å²) in [5.74, 6) is 1.84. The Morgan fingerprint density at radius 2 is 1.79 bits per heavy atom. The Labute approximate surface area is 162 Å². The Morgan fingerprint density at radius 1 is 1.04 bits per heavy atom. The number of rotatable bonds is 7. The molecule has 2 aromatic rings. The van der Waals surface area contributed by atoms with E-state index < -0.39 is 5.91 Å². The summed E-state index contributed by atoms with van der Waals surface area (Å²) < 4.78 is 21.0. The second kappa shape index (κ2) is 9.31. The molecule has 0 radical (unpaired) electrons. The molecule has 8 nitrogen and oxygen atoms in total. The van der Waals surface area contributed by atoms with E-state index >= 15 is 0 Å². The van der Waals surface area contributed by atoms with Crippen LogP contribution in [-0.4, -0.2) is 32.3 Å². The van der Waals surface area contributed by atoms with Crippen LogP contribution in [0, 0.1) is 0 Å². The van der Waals surface area contributed by atoms with Gasteiger partial charge in [0.1, 0.15) is 11.5 Å². The van der Waals surface area contributed by atoms with Crippen LogP contribution in [0.1, 0.15) is 12.0 Å². The van der Waals surface area contributed by atoms with Gasteiger partial charge in [0.15, 0.2) is 11.5 Å². The molecule has 1 aliphatic rings. The lowest BCUT2D eigenvalue weighted by molar-refractivity contribution is -0.127. The number of hydrogen-bond donors (Lipinski definition) is 2. The van der Waals surface area contributed by atoms with Gasteiger partial charge in [-0.1, -0.05) is 6.07 Å². The zero-order chi connectivity index (χ0) is 19.8. The number of hydrogen-bond acceptors (Lipinski definition) is 6. The molecule has 2 N–H and O–H groups in total. The first-order valence-corrected chi connectivity index (χ1v) is 8.57. The van der Waals surface area contributed by atoms with Gasteiger partial charge in [0, 0.05) is 6.08 Å². The third-order valence-corrected chi connectivity index (χ3v) is 3.81. The van der Waals surface area contributed by atoms with Crippen LogP contribution in [-0.2, 0) is 9.59 Å². The second-order valence-electron chi connectivity index (χ2n) is 5.76. The summed E-state index contributed by atoms with van der Waals surface area (Å²) in [5.41, 5.74) is 5.42. The molecule has 0 spiro atoms. The molecule has 1 heterocycles. The number of methoxy groups -OCH3 is 1. The highest BCUT2D eigenvalue weighted by Crippen LogP contribution is 2.32. The van der Waals surface area contributed by atoms with E-state index in [9.17, 15) is 9.59 Å². The molecular weight excluding hydrogens is 364 g/mol. The highest BCUT2D eigenvalue weighted by atomic mass is 16.7. The van der Waals surface area contributed by atoms with Crippen LogP contribution in [0.15, 0.2) is 48.5 Å². The van der Waals surface area contributed by atoms with Gasteiger partial charge in [-0.3, -0.25) is 20.4 Å². The predicted molar refractivity (Wildman–Crippen MR) is 101 cm³/mol. The van der Waals surface area contributed by atoms with Gasteiger partial charge in [-0.25, -0.2) is 0 Å². The van der Waals surface area contributed by atoms with Crippen molar-refractivity contribution >= 4 is 17.9 Å². The van der Waals surface area contributed by atoms with Crippen LogP contribution in [0.4, 0.5) is 0 Å². The molecule has 0 unspecified atom stereocenters. The van der Waals surface area contributed by atoms with Gasteiger partial charge in [-0.2, -0.15) is 0 Å². The van der Waals surface area contributed by atoms with Gasteiger partial charge >= 0.3 is 0 Å². The van der Waals surface area contributed by atoms with Crippen molar-refractivity contribution in [2.75, 3.05) is 20.5 Å². The van der Waals surface area contributed by atoms with Crippen molar-refractivity contribution in [3.05, 3.63) is 54.1 Å². The summed E-state index contributed by atoms with van der Waals surface area (Å²) in [6.07, 6.45) is 3.01. The van der Waals surface area contributed by atoms with Gasteiger partial charge in [0.2, 0.25) is 12.7 Å². The van der Waals surface area contributed by atoms with Gasteiger partial charge in [-0.15, -0.1) is 0 Å². The molecule has 0 aromatic heterocycles. The average molecular weight is 384 g/mol. The van der Waals surface area contributed by atoms with Crippen molar-refractivity contribution in [1.82, 2.24) is 10.9 Å². The van der Waals surface area contributed by atoms with E-state index in [1.807, 2.05) is 0 Å². The number of fused-ring (bicyclic) bond motifs is 1. The maximum absolute atomic E-state index is 11.8. The lowest BCUT2D eigenvalue weighted by Gasteiger charge is -2.08. The first-order chi connectivity index (χ1) is 13.6. The van der Waals surface area contributed by atoms with E-state index in [-0.39, 0.29) is 25.7 Å². The summed E-state index contributed by atoms with van der Waals surface area (Å²) >= 11 is 0. The van der Waals surface area contributed by atoms with Gasteiger partial charge < -0.3 is 18.9 Å². The summed E-state index contributed by atoms with van der Waals surface area (Å²) in [6.45, 7) is 0.373. The monoisotopic (exact) mass is 384 g/mol. The number of nitrogens with one attached hydrogen (secondary N) is 2. The number of benzene rings is 2. The minimum absolute atomic E-state index is 0.0954. The zero-order valence-electron chi connectivity index (χ0n) is 15.3. The summed E-state index contributed by atoms with van der Waals surface area (Å²) in [7, 11) is 1.58. The van der Waals surface area contributed by atoms with E-state index in [1.54, 1.807) is 55.7 Å². The Morgan fingerprint density at radius 3 is 2.57 bits per heavy atom. The topological polar surface area (TPSA) is 95.1 Å². The first-order valence-electron chi connectivity index (χ1n) is 8.57. The molecule has 2 amide bonds. The Balaban J connectivity index is 1.36. The van der Waals surface area contributed by atoms with E-state index in [2.05, 4.69) is 10.9 Å². The van der Waals surface area contributed by atoms with Gasteiger partial charge in [0.25, 0.3) is 5.91 Å². The average Bonchev–Trinajstić information content (AvgIpc) is 3.19. The number of carbonyl (C=O) groups excluding carboxylic acids is 2. The van der Waals surface area contributed by atoms with Crippen molar-refractivity contribution in [1.29, 1.82) is 0 Å². The van der Waals surface area contributed by atoms with Crippen LogP contribution in [0.25, 0.3) is 6.08 Å². The highest BCUT2D eigenvalue weighted by molar-refractivity contribution is 5.93. The molecule has 1 aliphatic heterocycles. The maximum atomic E-state index is 11.8. The molecule has 0 atom stereocenters. The fourth-order valence-corrected chi connectivity index (χ4v) is 2.36. The largest absolute Gasteiger partial charge is 0.497 e. The van der Waals surface area contributed by atoms with Crippen molar-refractivity contribution in [3.63, 3.8) is 0 Å². The molecule has 3 rings (SSSR count). The summed E-state index contributed by atoms with van der Waals surface area (Å²) in [6, 6.07) is 12.4. The van der Waals surface area contributed by atoms with Crippen molar-refractivity contribution in [2.45, 2.75) is 6.42 Å². The van der Waals surface area contributed by atoms with E-state index in [4.69, 9.17) is 18.9 Å². The standard InChI is InChI=1S/C20H20N2O6/c1-25-15-4-6-16(7-5-15)26-11-10-20(24)22-21-19(23)9-3-14-2-8-17-18(12-14)28-13-27-17/h2-9,12H,10-11,13H2,1H3,(H,21,23)(H,22,24)/b9-3+. The third kappa shape index (κ3) is 5.41. The number of amides is 2. The normalized spacial score (nSPS) is 11.9. The van der Waals surface area contributed by atoms with Crippen LogP contribution in [0.5, 0.6) is 23.0 Å². The van der Waals surface area contributed by atoms with Crippen LogP contribution >= 0.6 is 0 Å². The van der Waals surface area contributed by atoms with Crippen LogP contribution in [0.2, 0.25) is 0 Å².